The Morgan fingerprint density at radius 3 is 2.38 bits per heavy atom. The molecule has 0 unspecified atom stereocenters. The number of hydrogen-bond donors (Lipinski definition) is 2. The lowest BCUT2D eigenvalue weighted by Gasteiger charge is -2.12. The van der Waals surface area contributed by atoms with Crippen molar-refractivity contribution in [3.05, 3.63) is 52.5 Å². The van der Waals surface area contributed by atoms with E-state index in [0.717, 1.165) is 6.42 Å². The predicted octanol–water partition coefficient (Wildman–Crippen LogP) is 1.96. The Bertz CT molecular complexity index is 644. The fourth-order valence-corrected chi connectivity index (χ4v) is 2.51. The molecule has 0 radical (unpaired) electrons. The Morgan fingerprint density at radius 1 is 1.14 bits per heavy atom. The van der Waals surface area contributed by atoms with E-state index < -0.39 is 0 Å². The number of hydrogen-bond acceptors (Lipinski definition) is 4. The van der Waals surface area contributed by atoms with Crippen LogP contribution in [0.1, 0.15) is 32.7 Å². The molecule has 1 amide bonds. The maximum atomic E-state index is 12.0. The first-order chi connectivity index (χ1) is 9.99. The highest BCUT2D eigenvalue weighted by Crippen LogP contribution is 2.16. The molecule has 2 rings (SSSR count). The number of aromatic nitrogens is 2. The molecule has 0 atom stereocenters. The number of amides is 1. The van der Waals surface area contributed by atoms with Crippen LogP contribution >= 0.6 is 0 Å². The van der Waals surface area contributed by atoms with E-state index in [1.807, 2.05) is 0 Å². The summed E-state index contributed by atoms with van der Waals surface area (Å²) in [4.78, 5) is 19.8. The number of anilines is 1. The highest BCUT2D eigenvalue weighted by atomic mass is 16.1. The normalized spacial score (nSPS) is 10.4. The zero-order chi connectivity index (χ0) is 15.4. The van der Waals surface area contributed by atoms with Crippen molar-refractivity contribution in [1.29, 1.82) is 0 Å². The van der Waals surface area contributed by atoms with Crippen LogP contribution in [-0.2, 0) is 6.42 Å². The van der Waals surface area contributed by atoms with E-state index in [4.69, 9.17) is 5.73 Å². The van der Waals surface area contributed by atoms with Gasteiger partial charge >= 0.3 is 0 Å². The fourth-order valence-electron chi connectivity index (χ4n) is 2.51. The van der Waals surface area contributed by atoms with Gasteiger partial charge in [0.2, 0.25) is 0 Å². The molecule has 0 bridgehead atoms. The van der Waals surface area contributed by atoms with E-state index in [2.05, 4.69) is 48.2 Å². The quantitative estimate of drug-likeness (QED) is 0.899. The molecule has 0 aliphatic carbocycles. The number of nitrogens with zero attached hydrogens (tertiary/aromatic N) is 2. The van der Waals surface area contributed by atoms with Crippen LogP contribution in [0.2, 0.25) is 0 Å². The van der Waals surface area contributed by atoms with Gasteiger partial charge in [-0.1, -0.05) is 17.7 Å². The highest BCUT2D eigenvalue weighted by molar-refractivity contribution is 5.96. The molecule has 3 N–H and O–H groups in total. The van der Waals surface area contributed by atoms with Gasteiger partial charge < -0.3 is 11.1 Å². The maximum absolute atomic E-state index is 12.0. The summed E-state index contributed by atoms with van der Waals surface area (Å²) < 4.78 is 0. The summed E-state index contributed by atoms with van der Waals surface area (Å²) in [5.41, 5.74) is 10.8. The Kier molecular flexibility index (Phi) is 4.52. The average Bonchev–Trinajstić information content (AvgIpc) is 2.42. The van der Waals surface area contributed by atoms with Gasteiger partial charge in [0, 0.05) is 18.9 Å². The first-order valence-corrected chi connectivity index (χ1v) is 6.90. The van der Waals surface area contributed by atoms with Crippen LogP contribution in [0.3, 0.4) is 0 Å². The van der Waals surface area contributed by atoms with Crippen LogP contribution in [0, 0.1) is 20.8 Å². The Hall–Kier alpha value is -2.43. The SMILES string of the molecule is Cc1cc(C)c(CCNC(=O)c2nccnc2N)c(C)c1. The second-order valence-electron chi connectivity index (χ2n) is 5.17. The van der Waals surface area contributed by atoms with Gasteiger partial charge in [-0.15, -0.1) is 0 Å². The molecule has 0 saturated carbocycles. The van der Waals surface area contributed by atoms with E-state index >= 15 is 0 Å². The first-order valence-electron chi connectivity index (χ1n) is 6.90. The molecule has 2 aromatic rings. The van der Waals surface area contributed by atoms with Crippen molar-refractivity contribution in [2.75, 3.05) is 12.3 Å². The summed E-state index contributed by atoms with van der Waals surface area (Å²) in [5.74, 6) is -0.138. The molecule has 5 heteroatoms. The first kappa shape index (κ1) is 15.0. The second-order valence-corrected chi connectivity index (χ2v) is 5.17. The summed E-state index contributed by atoms with van der Waals surface area (Å²) in [5, 5.41) is 2.84. The molecule has 1 aromatic carbocycles. The number of aryl methyl sites for hydroxylation is 3. The summed E-state index contributed by atoms with van der Waals surface area (Å²) in [6.07, 6.45) is 3.70. The van der Waals surface area contributed by atoms with Gasteiger partial charge in [-0.25, -0.2) is 9.97 Å². The second kappa shape index (κ2) is 6.35. The van der Waals surface area contributed by atoms with E-state index in [0.29, 0.717) is 6.54 Å². The van der Waals surface area contributed by atoms with E-state index in [-0.39, 0.29) is 17.4 Å². The summed E-state index contributed by atoms with van der Waals surface area (Å²) in [6.45, 7) is 6.82. The summed E-state index contributed by atoms with van der Waals surface area (Å²) >= 11 is 0. The molecule has 0 fully saturated rings. The molecule has 5 nitrogen and oxygen atoms in total. The number of nitrogens with two attached hydrogens (primary N) is 1. The lowest BCUT2D eigenvalue weighted by molar-refractivity contribution is 0.0950. The van der Waals surface area contributed by atoms with Crippen molar-refractivity contribution < 1.29 is 4.79 Å². The van der Waals surface area contributed by atoms with Crippen molar-refractivity contribution in [2.24, 2.45) is 0 Å². The van der Waals surface area contributed by atoms with Gasteiger partial charge in [-0.05, 0) is 43.9 Å². The van der Waals surface area contributed by atoms with Crippen LogP contribution in [0.15, 0.2) is 24.5 Å². The smallest absolute Gasteiger partial charge is 0.273 e. The van der Waals surface area contributed by atoms with Crippen molar-refractivity contribution in [1.82, 2.24) is 15.3 Å². The number of carbonyl (C=O) groups is 1. The molecule has 0 spiro atoms. The minimum atomic E-state index is -0.289. The lowest BCUT2D eigenvalue weighted by atomic mass is 9.97. The molecular weight excluding hydrogens is 264 g/mol. The topological polar surface area (TPSA) is 80.9 Å². The third-order valence-electron chi connectivity index (χ3n) is 3.44. The number of nitrogen functional groups attached to an aromatic ring is 1. The number of rotatable bonds is 4. The molecule has 0 aliphatic heterocycles. The monoisotopic (exact) mass is 284 g/mol. The van der Waals surface area contributed by atoms with Gasteiger partial charge in [0.1, 0.15) is 0 Å². The maximum Gasteiger partial charge on any atom is 0.273 e. The number of nitrogens with one attached hydrogen (secondary N) is 1. The fraction of sp³-hybridized carbons (Fsp3) is 0.312. The van der Waals surface area contributed by atoms with Crippen LogP contribution in [0.4, 0.5) is 5.82 Å². The summed E-state index contributed by atoms with van der Waals surface area (Å²) in [6, 6.07) is 4.32. The van der Waals surface area contributed by atoms with E-state index in [1.54, 1.807) is 0 Å². The third kappa shape index (κ3) is 3.56. The molecule has 1 heterocycles. The Morgan fingerprint density at radius 2 is 1.76 bits per heavy atom. The Balaban J connectivity index is 1.99. The van der Waals surface area contributed by atoms with E-state index in [9.17, 15) is 4.79 Å². The van der Waals surface area contributed by atoms with Crippen molar-refractivity contribution in [3.8, 4) is 0 Å². The molecule has 21 heavy (non-hydrogen) atoms. The van der Waals surface area contributed by atoms with Gasteiger partial charge in [-0.3, -0.25) is 4.79 Å². The minimum absolute atomic E-state index is 0.151. The zero-order valence-corrected chi connectivity index (χ0v) is 12.6. The predicted molar refractivity (Wildman–Crippen MR) is 83.1 cm³/mol. The lowest BCUT2D eigenvalue weighted by Crippen LogP contribution is -2.28. The summed E-state index contributed by atoms with van der Waals surface area (Å²) in [7, 11) is 0. The van der Waals surface area contributed by atoms with Crippen molar-refractivity contribution in [2.45, 2.75) is 27.2 Å². The zero-order valence-electron chi connectivity index (χ0n) is 12.6. The van der Waals surface area contributed by atoms with E-state index in [1.165, 1.54) is 34.6 Å². The van der Waals surface area contributed by atoms with Gasteiger partial charge in [0.15, 0.2) is 11.5 Å². The number of carbonyl (C=O) groups excluding carboxylic acids is 1. The Labute approximate surface area is 124 Å². The highest BCUT2D eigenvalue weighted by Gasteiger charge is 2.11. The molecule has 1 aromatic heterocycles. The standard InChI is InChI=1S/C16H20N4O/c1-10-8-11(2)13(12(3)9-10)4-5-20-16(21)14-15(17)19-7-6-18-14/h6-9H,4-5H2,1-3H3,(H2,17,19)(H,20,21). The third-order valence-corrected chi connectivity index (χ3v) is 3.44. The number of benzene rings is 1. The molecule has 0 aliphatic rings. The van der Waals surface area contributed by atoms with Crippen LogP contribution < -0.4 is 11.1 Å². The van der Waals surface area contributed by atoms with Gasteiger partial charge in [0.25, 0.3) is 5.91 Å². The molecular formula is C16H20N4O. The minimum Gasteiger partial charge on any atom is -0.382 e. The largest absolute Gasteiger partial charge is 0.382 e. The average molecular weight is 284 g/mol. The van der Waals surface area contributed by atoms with Crippen LogP contribution in [0.25, 0.3) is 0 Å². The molecule has 0 saturated heterocycles. The van der Waals surface area contributed by atoms with Crippen LogP contribution in [-0.4, -0.2) is 22.4 Å². The van der Waals surface area contributed by atoms with Gasteiger partial charge in [-0.2, -0.15) is 0 Å². The van der Waals surface area contributed by atoms with Crippen molar-refractivity contribution >= 4 is 11.7 Å². The molecule has 110 valence electrons. The van der Waals surface area contributed by atoms with Crippen molar-refractivity contribution in [3.63, 3.8) is 0 Å². The van der Waals surface area contributed by atoms with Crippen LogP contribution in [0.5, 0.6) is 0 Å². The van der Waals surface area contributed by atoms with Gasteiger partial charge in [0.05, 0.1) is 0 Å².